The molecule has 1 aliphatic carbocycles. The highest BCUT2D eigenvalue weighted by atomic mass is 31.2. The first-order chi connectivity index (χ1) is 23.1. The van der Waals surface area contributed by atoms with Crippen LogP contribution in [-0.2, 0) is 24.9 Å². The van der Waals surface area contributed by atoms with Gasteiger partial charge in [-0.15, -0.1) is 0 Å². The van der Waals surface area contributed by atoms with Gasteiger partial charge in [0.15, 0.2) is 0 Å². The largest absolute Gasteiger partial charge is 0.494 e. The molecule has 0 atom stereocenters. The highest BCUT2D eigenvalue weighted by molar-refractivity contribution is 7.62. The summed E-state index contributed by atoms with van der Waals surface area (Å²) in [5.41, 5.74) is 2.85. The quantitative estimate of drug-likeness (QED) is 0.195. The first kappa shape index (κ1) is 35.5. The molecule has 3 fully saturated rings. The summed E-state index contributed by atoms with van der Waals surface area (Å²) in [7, 11) is -3.65. The van der Waals surface area contributed by atoms with Crippen molar-refractivity contribution >= 4 is 24.7 Å². The smallest absolute Gasteiger partial charge is 0.415 e. The minimum atomic E-state index is -3.65. The van der Waals surface area contributed by atoms with E-state index < -0.39 is 24.4 Å². The number of hydrogen-bond acceptors (Lipinski definition) is 8. The van der Waals surface area contributed by atoms with Gasteiger partial charge >= 0.3 is 13.7 Å². The number of rotatable bonds is 10. The number of nitrogens with zero attached hydrogens (tertiary/aromatic N) is 3. The molecule has 11 heteroatoms. The van der Waals surface area contributed by atoms with Gasteiger partial charge < -0.3 is 9.47 Å². The third-order valence-corrected chi connectivity index (χ3v) is 11.5. The predicted molar refractivity (Wildman–Crippen MR) is 189 cm³/mol. The summed E-state index contributed by atoms with van der Waals surface area (Å²) in [6.07, 6.45) is 4.57. The summed E-state index contributed by atoms with van der Waals surface area (Å²) >= 11 is 0. The molecule has 1 spiro atoms. The van der Waals surface area contributed by atoms with Crippen LogP contribution in [0.5, 0.6) is 5.75 Å². The minimum Gasteiger partial charge on any atom is -0.494 e. The molecule has 1 amide bonds. The Bertz CT molecular complexity index is 1690. The number of benzene rings is 2. The van der Waals surface area contributed by atoms with Gasteiger partial charge in [-0.25, -0.2) is 9.18 Å². The third kappa shape index (κ3) is 8.37. The normalized spacial score (nSPS) is 18.6. The zero-order chi connectivity index (χ0) is 35.2. The Morgan fingerprint density at radius 1 is 0.980 bits per heavy atom. The monoisotopic (exact) mass is 693 g/mol. The summed E-state index contributed by atoms with van der Waals surface area (Å²) in [6.45, 7) is 16.3. The average molecular weight is 694 g/mol. The predicted octanol–water partition coefficient (Wildman–Crippen LogP) is 8.60. The van der Waals surface area contributed by atoms with Crippen LogP contribution in [0.15, 0.2) is 54.7 Å². The van der Waals surface area contributed by atoms with Crippen molar-refractivity contribution in [1.29, 1.82) is 0 Å². The molecule has 0 bridgehead atoms. The Balaban J connectivity index is 1.14. The van der Waals surface area contributed by atoms with Crippen molar-refractivity contribution in [3.63, 3.8) is 0 Å². The number of carbonyl (C=O) groups excluding carboxylic acids is 1. The fraction of sp³-hybridized carbons (Fsp3) is 0.526. The number of halogens is 1. The first-order valence-electron chi connectivity index (χ1n) is 17.3. The average Bonchev–Trinajstić information content (AvgIpc) is 3.81. The van der Waals surface area contributed by atoms with Gasteiger partial charge in [0.25, 0.3) is 0 Å². The maximum Gasteiger partial charge on any atom is 0.415 e. The molecular formula is C38H49FN3O6P. The van der Waals surface area contributed by atoms with Crippen molar-refractivity contribution in [2.24, 2.45) is 0 Å². The van der Waals surface area contributed by atoms with Crippen molar-refractivity contribution in [2.45, 2.75) is 103 Å². The lowest BCUT2D eigenvalue weighted by molar-refractivity contribution is -0.00113. The fourth-order valence-electron chi connectivity index (χ4n) is 6.65. The Morgan fingerprint density at radius 3 is 2.18 bits per heavy atom. The molecule has 2 aromatic carbocycles. The standard InChI is InChI=1S/C38H49FN3O6P/c1-8-45-34-22-32(33-16-11-28(39)23-40-33)31(26-9-10-26)21-27(34)24-41-19-17-38(18-20-41)25-42(35(43)46-38)29-12-14-30(15-13-29)49(44,47-36(2,3)4)48-37(5,6)7/h11-16,21-23,26H,8-10,17-20,24-25H2,1-7H3. The van der Waals surface area contributed by atoms with Crippen LogP contribution in [0, 0.1) is 5.82 Å². The van der Waals surface area contributed by atoms with E-state index in [4.69, 9.17) is 18.5 Å². The second-order valence-electron chi connectivity index (χ2n) is 15.5. The van der Waals surface area contributed by atoms with Crippen LogP contribution in [0.25, 0.3) is 11.3 Å². The van der Waals surface area contributed by atoms with Gasteiger partial charge in [0.1, 0.15) is 17.2 Å². The molecule has 264 valence electrons. The summed E-state index contributed by atoms with van der Waals surface area (Å²) < 4.78 is 51.8. The van der Waals surface area contributed by atoms with E-state index in [1.807, 2.05) is 48.5 Å². The summed E-state index contributed by atoms with van der Waals surface area (Å²) in [6, 6.07) is 14.5. The van der Waals surface area contributed by atoms with Crippen molar-refractivity contribution < 1.29 is 32.3 Å². The van der Waals surface area contributed by atoms with E-state index in [0.717, 1.165) is 48.5 Å². The van der Waals surface area contributed by atoms with E-state index in [1.54, 1.807) is 35.2 Å². The van der Waals surface area contributed by atoms with E-state index >= 15 is 0 Å². The summed E-state index contributed by atoms with van der Waals surface area (Å²) in [5.74, 6) is 0.943. The fourth-order valence-corrected chi connectivity index (χ4v) is 8.85. The zero-order valence-electron chi connectivity index (χ0n) is 29.8. The van der Waals surface area contributed by atoms with Crippen LogP contribution in [0.1, 0.15) is 91.2 Å². The van der Waals surface area contributed by atoms with E-state index in [0.29, 0.717) is 49.4 Å². The van der Waals surface area contributed by atoms with E-state index in [1.165, 1.54) is 17.8 Å². The highest BCUT2D eigenvalue weighted by Gasteiger charge is 2.48. The molecule has 0 radical (unpaired) electrons. The molecule has 49 heavy (non-hydrogen) atoms. The van der Waals surface area contributed by atoms with Gasteiger partial charge in [0, 0.05) is 49.3 Å². The van der Waals surface area contributed by atoms with Crippen LogP contribution in [0.2, 0.25) is 0 Å². The minimum absolute atomic E-state index is 0.352. The highest BCUT2D eigenvalue weighted by Crippen LogP contribution is 2.53. The van der Waals surface area contributed by atoms with Gasteiger partial charge in [0.2, 0.25) is 0 Å². The number of pyridine rings is 1. The number of aromatic nitrogens is 1. The summed E-state index contributed by atoms with van der Waals surface area (Å²) in [4.78, 5) is 21.6. The Hall–Kier alpha value is -3.30. The third-order valence-electron chi connectivity index (χ3n) is 8.95. The lowest BCUT2D eigenvalue weighted by Gasteiger charge is -2.37. The van der Waals surface area contributed by atoms with Gasteiger partial charge in [-0.3, -0.25) is 28.4 Å². The second-order valence-corrected chi connectivity index (χ2v) is 17.3. The van der Waals surface area contributed by atoms with E-state index in [9.17, 15) is 13.8 Å². The zero-order valence-corrected chi connectivity index (χ0v) is 30.6. The molecule has 2 aliphatic heterocycles. The van der Waals surface area contributed by atoms with Crippen molar-refractivity contribution in [2.75, 3.05) is 31.1 Å². The van der Waals surface area contributed by atoms with Gasteiger partial charge in [-0.05, 0) is 121 Å². The molecule has 3 heterocycles. The van der Waals surface area contributed by atoms with Crippen LogP contribution >= 0.6 is 7.60 Å². The first-order valence-corrected chi connectivity index (χ1v) is 18.9. The molecule has 3 aromatic rings. The van der Waals surface area contributed by atoms with Crippen LogP contribution in [0.4, 0.5) is 14.9 Å². The number of ether oxygens (including phenoxy) is 2. The maximum absolute atomic E-state index is 14.0. The van der Waals surface area contributed by atoms with Crippen molar-refractivity contribution in [3.05, 3.63) is 71.7 Å². The van der Waals surface area contributed by atoms with Crippen molar-refractivity contribution in [3.8, 4) is 17.0 Å². The lowest BCUT2D eigenvalue weighted by atomic mass is 9.90. The number of amides is 1. The number of hydrogen-bond donors (Lipinski definition) is 0. The number of likely N-dealkylation sites (tertiary alicyclic amines) is 1. The summed E-state index contributed by atoms with van der Waals surface area (Å²) in [5, 5.41) is 0.440. The topological polar surface area (TPSA) is 90.4 Å². The number of piperidine rings is 1. The molecule has 0 N–H and O–H groups in total. The van der Waals surface area contributed by atoms with Gasteiger partial charge in [-0.2, -0.15) is 0 Å². The van der Waals surface area contributed by atoms with Crippen LogP contribution in [-0.4, -0.2) is 59.0 Å². The van der Waals surface area contributed by atoms with Crippen LogP contribution < -0.4 is 14.9 Å². The molecule has 1 saturated carbocycles. The Kier molecular flexibility index (Phi) is 9.74. The number of carbonyl (C=O) groups is 1. The Labute approximate surface area is 289 Å². The van der Waals surface area contributed by atoms with Crippen molar-refractivity contribution in [1.82, 2.24) is 9.88 Å². The van der Waals surface area contributed by atoms with Crippen LogP contribution in [0.3, 0.4) is 0 Å². The Morgan fingerprint density at radius 2 is 1.63 bits per heavy atom. The molecule has 9 nitrogen and oxygen atoms in total. The molecule has 0 unspecified atom stereocenters. The number of anilines is 1. The molecular weight excluding hydrogens is 644 g/mol. The lowest BCUT2D eigenvalue weighted by Crippen LogP contribution is -2.46. The molecule has 1 aromatic heterocycles. The van der Waals surface area contributed by atoms with E-state index in [2.05, 4.69) is 22.0 Å². The van der Waals surface area contributed by atoms with Gasteiger partial charge in [0.05, 0.1) is 41.5 Å². The molecule has 6 rings (SSSR count). The molecule has 3 aliphatic rings. The maximum atomic E-state index is 14.0. The second kappa shape index (κ2) is 13.4. The SMILES string of the molecule is CCOc1cc(-c2ccc(F)cn2)c(C2CC2)cc1CN1CCC2(CC1)CN(c1ccc(P(=O)(OC(C)(C)C)OC(C)(C)C)cc1)C(=O)O2. The van der Waals surface area contributed by atoms with Gasteiger partial charge in [-0.1, -0.05) is 0 Å². The molecule has 2 saturated heterocycles. The van der Waals surface area contributed by atoms with E-state index in [-0.39, 0.29) is 11.9 Å².